The van der Waals surface area contributed by atoms with Crippen molar-refractivity contribution in [3.05, 3.63) is 71.8 Å². The summed E-state index contributed by atoms with van der Waals surface area (Å²) in [6.07, 6.45) is 1.76. The standard InChI is InChI=1S/C19H21F3N2O2S/c20-19(21,22)27(25,26)24-18(16-11-5-2-6-12-16)14-8-7-13-17(18,23)15-9-3-1-4-10-15/h1-6,9-12,24H,7-8,13-14,23H2/t17-,18+/m1/s1. The molecular weight excluding hydrogens is 377 g/mol. The average Bonchev–Trinajstić information content (AvgIpc) is 2.64. The van der Waals surface area contributed by atoms with E-state index in [1.807, 2.05) is 4.72 Å². The summed E-state index contributed by atoms with van der Waals surface area (Å²) in [5, 5.41) is 0. The summed E-state index contributed by atoms with van der Waals surface area (Å²) in [5.41, 5.74) is -0.599. The molecule has 1 aliphatic rings. The lowest BCUT2D eigenvalue weighted by Crippen LogP contribution is -2.66. The molecule has 2 aromatic carbocycles. The van der Waals surface area contributed by atoms with Gasteiger partial charge in [0, 0.05) is 0 Å². The van der Waals surface area contributed by atoms with Crippen molar-refractivity contribution in [3.8, 4) is 0 Å². The molecule has 0 spiro atoms. The van der Waals surface area contributed by atoms with E-state index >= 15 is 0 Å². The van der Waals surface area contributed by atoms with Gasteiger partial charge in [-0.3, -0.25) is 0 Å². The summed E-state index contributed by atoms with van der Waals surface area (Å²) in [4.78, 5) is 0. The van der Waals surface area contributed by atoms with E-state index in [1.165, 1.54) is 0 Å². The second-order valence-electron chi connectivity index (χ2n) is 6.87. The first-order chi connectivity index (χ1) is 12.6. The van der Waals surface area contributed by atoms with Crippen LogP contribution in [-0.2, 0) is 21.1 Å². The van der Waals surface area contributed by atoms with Crippen molar-refractivity contribution in [2.45, 2.75) is 42.3 Å². The smallest absolute Gasteiger partial charge is 0.320 e. The van der Waals surface area contributed by atoms with Crippen LogP contribution in [0.4, 0.5) is 13.2 Å². The molecule has 27 heavy (non-hydrogen) atoms. The fourth-order valence-corrected chi connectivity index (χ4v) is 4.95. The summed E-state index contributed by atoms with van der Waals surface area (Å²) < 4.78 is 65.9. The molecule has 3 rings (SSSR count). The number of halogens is 3. The Labute approximate surface area is 156 Å². The first kappa shape index (κ1) is 19.9. The highest BCUT2D eigenvalue weighted by molar-refractivity contribution is 7.90. The van der Waals surface area contributed by atoms with Crippen LogP contribution in [-0.4, -0.2) is 13.9 Å². The molecule has 0 aromatic heterocycles. The van der Waals surface area contributed by atoms with Crippen molar-refractivity contribution in [3.63, 3.8) is 0 Å². The zero-order valence-corrected chi connectivity index (χ0v) is 15.4. The van der Waals surface area contributed by atoms with Gasteiger partial charge in [-0.2, -0.15) is 17.9 Å². The normalized spacial score (nSPS) is 26.7. The van der Waals surface area contributed by atoms with Gasteiger partial charge in [0.2, 0.25) is 0 Å². The molecule has 4 nitrogen and oxygen atoms in total. The summed E-state index contributed by atoms with van der Waals surface area (Å²) in [6, 6.07) is 17.0. The Kier molecular flexibility index (Phi) is 5.09. The van der Waals surface area contributed by atoms with E-state index < -0.39 is 26.6 Å². The molecule has 1 aliphatic carbocycles. The van der Waals surface area contributed by atoms with E-state index in [4.69, 9.17) is 5.73 Å². The fourth-order valence-electron chi connectivity index (χ4n) is 3.97. The minimum atomic E-state index is -5.61. The predicted octanol–water partition coefficient (Wildman–Crippen LogP) is 3.75. The van der Waals surface area contributed by atoms with Crippen LogP contribution in [0.3, 0.4) is 0 Å². The summed E-state index contributed by atoms with van der Waals surface area (Å²) in [6.45, 7) is 0. The minimum absolute atomic E-state index is 0.164. The molecule has 146 valence electrons. The van der Waals surface area contributed by atoms with Crippen molar-refractivity contribution in [1.82, 2.24) is 4.72 Å². The second kappa shape index (κ2) is 6.92. The topological polar surface area (TPSA) is 72.2 Å². The van der Waals surface area contributed by atoms with E-state index in [9.17, 15) is 21.6 Å². The Balaban J connectivity index is 2.25. The number of hydrogen-bond acceptors (Lipinski definition) is 3. The van der Waals surface area contributed by atoms with Crippen molar-refractivity contribution < 1.29 is 21.6 Å². The minimum Gasteiger partial charge on any atom is -0.320 e. The monoisotopic (exact) mass is 398 g/mol. The SMILES string of the molecule is N[C@@]1(c2ccccc2)CCCC[C@]1(NS(=O)(=O)C(F)(F)F)c1ccccc1. The highest BCUT2D eigenvalue weighted by Crippen LogP contribution is 2.50. The molecule has 0 amide bonds. The number of alkyl halides is 3. The number of nitrogens with one attached hydrogen (secondary N) is 1. The maximum Gasteiger partial charge on any atom is 0.511 e. The summed E-state index contributed by atoms with van der Waals surface area (Å²) in [5.74, 6) is 0. The molecule has 0 saturated heterocycles. The largest absolute Gasteiger partial charge is 0.511 e. The Bertz CT molecular complexity index is 888. The van der Waals surface area contributed by atoms with Crippen molar-refractivity contribution >= 4 is 10.0 Å². The summed E-state index contributed by atoms with van der Waals surface area (Å²) in [7, 11) is -5.61. The van der Waals surface area contributed by atoms with E-state index in [1.54, 1.807) is 60.7 Å². The molecule has 0 radical (unpaired) electrons. The lowest BCUT2D eigenvalue weighted by Gasteiger charge is -2.52. The molecule has 2 aromatic rings. The molecule has 1 fully saturated rings. The number of sulfonamides is 1. The van der Waals surface area contributed by atoms with Gasteiger partial charge in [-0.1, -0.05) is 73.5 Å². The van der Waals surface area contributed by atoms with Crippen LogP contribution in [0.15, 0.2) is 60.7 Å². The van der Waals surface area contributed by atoms with Crippen LogP contribution < -0.4 is 10.5 Å². The Morgan fingerprint density at radius 2 is 1.33 bits per heavy atom. The van der Waals surface area contributed by atoms with Crippen LogP contribution in [0.5, 0.6) is 0 Å². The Morgan fingerprint density at radius 3 is 1.85 bits per heavy atom. The van der Waals surface area contributed by atoms with Crippen molar-refractivity contribution in [1.29, 1.82) is 0 Å². The Hall–Kier alpha value is -1.90. The van der Waals surface area contributed by atoms with E-state index in [0.717, 1.165) is 0 Å². The molecular formula is C19H21F3N2O2S. The van der Waals surface area contributed by atoms with Crippen LogP contribution in [0.25, 0.3) is 0 Å². The lowest BCUT2D eigenvalue weighted by molar-refractivity contribution is -0.0470. The van der Waals surface area contributed by atoms with Gasteiger partial charge in [0.25, 0.3) is 0 Å². The first-order valence-electron chi connectivity index (χ1n) is 8.63. The van der Waals surface area contributed by atoms with Gasteiger partial charge < -0.3 is 5.73 Å². The zero-order valence-electron chi connectivity index (χ0n) is 14.5. The third-order valence-corrected chi connectivity index (χ3v) is 6.53. The van der Waals surface area contributed by atoms with Gasteiger partial charge in [-0.05, 0) is 24.0 Å². The van der Waals surface area contributed by atoms with Gasteiger partial charge in [-0.25, -0.2) is 8.42 Å². The average molecular weight is 398 g/mol. The maximum absolute atomic E-state index is 13.2. The summed E-state index contributed by atoms with van der Waals surface area (Å²) >= 11 is 0. The molecule has 1 saturated carbocycles. The molecule has 2 atom stereocenters. The van der Waals surface area contributed by atoms with Crippen molar-refractivity contribution in [2.24, 2.45) is 5.73 Å². The lowest BCUT2D eigenvalue weighted by atomic mass is 9.62. The number of hydrogen-bond donors (Lipinski definition) is 2. The van der Waals surface area contributed by atoms with E-state index in [-0.39, 0.29) is 6.42 Å². The third kappa shape index (κ3) is 3.37. The number of benzene rings is 2. The van der Waals surface area contributed by atoms with Crippen molar-refractivity contribution in [2.75, 3.05) is 0 Å². The van der Waals surface area contributed by atoms with Crippen LogP contribution in [0, 0.1) is 0 Å². The van der Waals surface area contributed by atoms with Gasteiger partial charge >= 0.3 is 15.5 Å². The van der Waals surface area contributed by atoms with Crippen LogP contribution >= 0.6 is 0 Å². The quantitative estimate of drug-likeness (QED) is 0.824. The van der Waals surface area contributed by atoms with Crippen LogP contribution in [0.1, 0.15) is 36.8 Å². The molecule has 0 unspecified atom stereocenters. The van der Waals surface area contributed by atoms with Gasteiger partial charge in [0.1, 0.15) is 0 Å². The molecule has 0 aliphatic heterocycles. The molecule has 8 heteroatoms. The number of rotatable bonds is 4. The molecule has 0 bridgehead atoms. The van der Waals surface area contributed by atoms with Gasteiger partial charge in [0.05, 0.1) is 11.1 Å². The van der Waals surface area contributed by atoms with Gasteiger partial charge in [-0.15, -0.1) is 0 Å². The third-order valence-electron chi connectivity index (χ3n) is 5.30. The highest BCUT2D eigenvalue weighted by Gasteiger charge is 2.58. The molecule has 3 N–H and O–H groups in total. The predicted molar refractivity (Wildman–Crippen MR) is 97.0 cm³/mol. The van der Waals surface area contributed by atoms with Gasteiger partial charge in [0.15, 0.2) is 0 Å². The van der Waals surface area contributed by atoms with E-state index in [0.29, 0.717) is 30.4 Å². The van der Waals surface area contributed by atoms with E-state index in [2.05, 4.69) is 0 Å². The van der Waals surface area contributed by atoms with Crippen LogP contribution in [0.2, 0.25) is 0 Å². The highest BCUT2D eigenvalue weighted by atomic mass is 32.2. The number of nitrogens with two attached hydrogens (primary N) is 1. The Morgan fingerprint density at radius 1 is 0.852 bits per heavy atom. The first-order valence-corrected chi connectivity index (χ1v) is 10.1. The zero-order chi connectivity index (χ0) is 19.8. The second-order valence-corrected chi connectivity index (χ2v) is 8.54. The fraction of sp³-hybridized carbons (Fsp3) is 0.368. The maximum atomic E-state index is 13.2. The molecule has 0 heterocycles.